The van der Waals surface area contributed by atoms with Crippen LogP contribution in [0.15, 0.2) is 36.4 Å². The number of ether oxygens (including phenoxy) is 2. The Morgan fingerprint density at radius 3 is 2.79 bits per heavy atom. The molecule has 0 saturated carbocycles. The minimum atomic E-state index is -0.381. The van der Waals surface area contributed by atoms with Gasteiger partial charge in [-0.3, -0.25) is 15.0 Å². The summed E-state index contributed by atoms with van der Waals surface area (Å²) in [6.07, 6.45) is 2.77. The van der Waals surface area contributed by atoms with Gasteiger partial charge in [-0.25, -0.2) is 9.67 Å². The molecular weight excluding hydrogens is 436 g/mol. The number of fused-ring (bicyclic) bond motifs is 2. The molecule has 1 unspecified atom stereocenters. The van der Waals surface area contributed by atoms with Crippen LogP contribution in [0.3, 0.4) is 0 Å². The van der Waals surface area contributed by atoms with E-state index < -0.39 is 0 Å². The number of benzene rings is 2. The second-order valence-corrected chi connectivity index (χ2v) is 8.90. The van der Waals surface area contributed by atoms with Gasteiger partial charge in [0.15, 0.2) is 12.1 Å². The standard InChI is InChI=1S/C24H26N6O4/c31-30(32)17-5-7-21-18(14-17)23(27-29(21)22-3-1-2-10-34-22)24-25-19-6-4-16(13-20(19)26-24)15-28-8-11-33-12-9-28/h4-7,13-14,22H,1-3,8-12,15H2,(H,25,26). The number of nitrogens with one attached hydrogen (secondary N) is 1. The molecule has 10 nitrogen and oxygen atoms in total. The topological polar surface area (TPSA) is 111 Å². The second kappa shape index (κ2) is 8.79. The zero-order valence-corrected chi connectivity index (χ0v) is 18.8. The number of nitrogens with zero attached hydrogens (tertiary/aromatic N) is 5. The average molecular weight is 463 g/mol. The number of aromatic amines is 1. The van der Waals surface area contributed by atoms with Crippen LogP contribution in [0.1, 0.15) is 31.1 Å². The molecule has 4 heterocycles. The summed E-state index contributed by atoms with van der Waals surface area (Å²) in [5.41, 5.74) is 4.39. The number of rotatable bonds is 5. The molecule has 2 fully saturated rings. The number of aromatic nitrogens is 4. The van der Waals surface area contributed by atoms with Crippen molar-refractivity contribution in [2.45, 2.75) is 32.0 Å². The van der Waals surface area contributed by atoms with Gasteiger partial charge in [-0.05, 0) is 43.0 Å². The Labute approximate surface area is 195 Å². The number of nitro benzene ring substituents is 1. The van der Waals surface area contributed by atoms with E-state index in [0.29, 0.717) is 23.5 Å². The number of morpholine rings is 1. The number of non-ortho nitro benzene ring substituents is 1. The van der Waals surface area contributed by atoms with Crippen LogP contribution in [0.5, 0.6) is 0 Å². The van der Waals surface area contributed by atoms with E-state index in [9.17, 15) is 10.1 Å². The normalized spacial score (nSPS) is 19.7. The first-order chi connectivity index (χ1) is 16.7. The highest BCUT2D eigenvalue weighted by Crippen LogP contribution is 2.34. The van der Waals surface area contributed by atoms with E-state index in [1.54, 1.807) is 12.1 Å². The molecule has 1 atom stereocenters. The number of hydrogen-bond donors (Lipinski definition) is 1. The molecule has 2 saturated heterocycles. The molecule has 0 radical (unpaired) electrons. The van der Waals surface area contributed by atoms with Crippen LogP contribution >= 0.6 is 0 Å². The SMILES string of the molecule is O=[N+]([O-])c1ccc2c(c1)c(-c1nc3ccc(CN4CCOCC4)cc3[nH]1)nn2C1CCCCO1. The summed E-state index contributed by atoms with van der Waals surface area (Å²) in [4.78, 5) is 21.6. The van der Waals surface area contributed by atoms with Crippen molar-refractivity contribution in [3.8, 4) is 11.5 Å². The van der Waals surface area contributed by atoms with Crippen LogP contribution in [-0.2, 0) is 16.0 Å². The van der Waals surface area contributed by atoms with Crippen molar-refractivity contribution < 1.29 is 14.4 Å². The van der Waals surface area contributed by atoms with Gasteiger partial charge in [-0.15, -0.1) is 0 Å². The van der Waals surface area contributed by atoms with Gasteiger partial charge in [0.1, 0.15) is 5.69 Å². The van der Waals surface area contributed by atoms with Crippen molar-refractivity contribution in [2.24, 2.45) is 0 Å². The molecule has 2 aromatic carbocycles. The Kier molecular flexibility index (Phi) is 5.48. The first-order valence-electron chi connectivity index (χ1n) is 11.7. The van der Waals surface area contributed by atoms with Crippen LogP contribution in [0.4, 0.5) is 5.69 Å². The van der Waals surface area contributed by atoms with E-state index in [4.69, 9.17) is 19.6 Å². The van der Waals surface area contributed by atoms with E-state index in [1.807, 2.05) is 10.7 Å². The lowest BCUT2D eigenvalue weighted by atomic mass is 10.1. The molecule has 2 aliphatic rings. The number of hydrogen-bond acceptors (Lipinski definition) is 7. The van der Waals surface area contributed by atoms with Gasteiger partial charge >= 0.3 is 0 Å². The predicted octanol–water partition coefficient (Wildman–Crippen LogP) is 4.02. The van der Waals surface area contributed by atoms with Crippen molar-refractivity contribution in [1.29, 1.82) is 0 Å². The Morgan fingerprint density at radius 2 is 2.00 bits per heavy atom. The highest BCUT2D eigenvalue weighted by Gasteiger charge is 2.24. The Balaban J connectivity index is 1.41. The fraction of sp³-hybridized carbons (Fsp3) is 0.417. The van der Waals surface area contributed by atoms with Crippen molar-refractivity contribution >= 4 is 27.6 Å². The number of nitro groups is 1. The van der Waals surface area contributed by atoms with Gasteiger partial charge in [-0.2, -0.15) is 5.10 Å². The molecule has 0 aliphatic carbocycles. The molecule has 0 bridgehead atoms. The quantitative estimate of drug-likeness (QED) is 0.352. The van der Waals surface area contributed by atoms with Crippen molar-refractivity contribution in [3.63, 3.8) is 0 Å². The van der Waals surface area contributed by atoms with Gasteiger partial charge in [0.05, 0.1) is 34.7 Å². The number of imidazole rings is 1. The summed E-state index contributed by atoms with van der Waals surface area (Å²) < 4.78 is 13.3. The lowest BCUT2D eigenvalue weighted by Gasteiger charge is -2.26. The Hall–Kier alpha value is -3.34. The van der Waals surface area contributed by atoms with Crippen LogP contribution in [0, 0.1) is 10.1 Å². The fourth-order valence-electron chi connectivity index (χ4n) is 4.84. The van der Waals surface area contributed by atoms with Crippen molar-refractivity contribution in [1.82, 2.24) is 24.6 Å². The highest BCUT2D eigenvalue weighted by molar-refractivity contribution is 5.95. The summed E-state index contributed by atoms with van der Waals surface area (Å²) in [7, 11) is 0. The largest absolute Gasteiger partial charge is 0.379 e. The molecule has 176 valence electrons. The molecule has 1 N–H and O–H groups in total. The zero-order valence-electron chi connectivity index (χ0n) is 18.8. The summed E-state index contributed by atoms with van der Waals surface area (Å²) >= 11 is 0. The van der Waals surface area contributed by atoms with Crippen LogP contribution < -0.4 is 0 Å². The van der Waals surface area contributed by atoms with Gasteiger partial charge in [0.2, 0.25) is 0 Å². The molecular formula is C24H26N6O4. The van der Waals surface area contributed by atoms with Crippen molar-refractivity contribution in [3.05, 3.63) is 52.1 Å². The van der Waals surface area contributed by atoms with Gasteiger partial charge in [0, 0.05) is 43.8 Å². The van der Waals surface area contributed by atoms with E-state index in [1.165, 1.54) is 11.6 Å². The lowest BCUT2D eigenvalue weighted by molar-refractivity contribution is -0.384. The summed E-state index contributed by atoms with van der Waals surface area (Å²) in [6, 6.07) is 11.1. The first kappa shape index (κ1) is 21.2. The van der Waals surface area contributed by atoms with Crippen LogP contribution in [-0.4, -0.2) is 62.5 Å². The molecule has 10 heteroatoms. The van der Waals surface area contributed by atoms with Crippen LogP contribution in [0.2, 0.25) is 0 Å². The van der Waals surface area contributed by atoms with Crippen molar-refractivity contribution in [2.75, 3.05) is 32.9 Å². The molecule has 2 aromatic heterocycles. The van der Waals surface area contributed by atoms with Gasteiger partial charge in [0.25, 0.3) is 5.69 Å². The maximum Gasteiger partial charge on any atom is 0.270 e. The summed E-state index contributed by atoms with van der Waals surface area (Å²) in [6.45, 7) is 4.93. The molecule has 2 aliphatic heterocycles. The third kappa shape index (κ3) is 3.93. The van der Waals surface area contributed by atoms with Crippen LogP contribution in [0.25, 0.3) is 33.5 Å². The predicted molar refractivity (Wildman–Crippen MR) is 126 cm³/mol. The summed E-state index contributed by atoms with van der Waals surface area (Å²) in [5.74, 6) is 0.596. The van der Waals surface area contributed by atoms with Gasteiger partial charge < -0.3 is 14.5 Å². The highest BCUT2D eigenvalue weighted by atomic mass is 16.6. The smallest absolute Gasteiger partial charge is 0.270 e. The minimum absolute atomic E-state index is 0.0294. The Bertz CT molecular complexity index is 1350. The minimum Gasteiger partial charge on any atom is -0.379 e. The fourth-order valence-corrected chi connectivity index (χ4v) is 4.84. The maximum absolute atomic E-state index is 11.5. The van der Waals surface area contributed by atoms with E-state index in [2.05, 4.69) is 22.0 Å². The van der Waals surface area contributed by atoms with E-state index in [-0.39, 0.29) is 16.8 Å². The number of H-pyrrole nitrogens is 1. The van der Waals surface area contributed by atoms with E-state index in [0.717, 1.165) is 68.7 Å². The lowest BCUT2D eigenvalue weighted by Crippen LogP contribution is -2.35. The monoisotopic (exact) mass is 462 g/mol. The third-order valence-corrected chi connectivity index (χ3v) is 6.61. The van der Waals surface area contributed by atoms with E-state index >= 15 is 0 Å². The third-order valence-electron chi connectivity index (χ3n) is 6.61. The molecule has 34 heavy (non-hydrogen) atoms. The summed E-state index contributed by atoms with van der Waals surface area (Å²) in [5, 5.41) is 17.0. The van der Waals surface area contributed by atoms with Gasteiger partial charge in [-0.1, -0.05) is 6.07 Å². The molecule has 0 amide bonds. The second-order valence-electron chi connectivity index (χ2n) is 8.90. The zero-order chi connectivity index (χ0) is 23.1. The Morgan fingerprint density at radius 1 is 1.12 bits per heavy atom. The molecule has 0 spiro atoms. The first-order valence-corrected chi connectivity index (χ1v) is 11.7. The maximum atomic E-state index is 11.5. The molecule has 6 rings (SSSR count). The average Bonchev–Trinajstić information content (AvgIpc) is 3.46. The molecule has 4 aromatic rings.